The van der Waals surface area contributed by atoms with Crippen LogP contribution in [0.3, 0.4) is 0 Å². The zero-order valence-electron chi connectivity index (χ0n) is 10.2. The summed E-state index contributed by atoms with van der Waals surface area (Å²) in [5.74, 6) is 0. The number of nitrogens with one attached hydrogen (secondary N) is 1. The monoisotopic (exact) mass is 227 g/mol. The van der Waals surface area contributed by atoms with Crippen molar-refractivity contribution in [3.8, 4) is 0 Å². The molecule has 0 aromatic carbocycles. The number of fused-ring (bicyclic) bond motifs is 4. The van der Waals surface area contributed by atoms with Crippen LogP contribution in [0.5, 0.6) is 0 Å². The van der Waals surface area contributed by atoms with E-state index in [1.54, 1.807) is 5.56 Å². The van der Waals surface area contributed by atoms with Gasteiger partial charge in [0.05, 0.1) is 11.7 Å². The van der Waals surface area contributed by atoms with Crippen LogP contribution in [-0.2, 0) is 12.0 Å². The Kier molecular flexibility index (Phi) is 1.76. The molecule has 2 aliphatic rings. The number of aromatic amines is 1. The van der Waals surface area contributed by atoms with E-state index in [2.05, 4.69) is 28.0 Å². The van der Waals surface area contributed by atoms with Crippen LogP contribution in [0, 0.1) is 0 Å². The topological polar surface area (TPSA) is 31.9 Å². The molecule has 0 radical (unpaired) electrons. The Morgan fingerprint density at radius 3 is 3.06 bits per heavy atom. The van der Waals surface area contributed by atoms with Gasteiger partial charge in [0, 0.05) is 35.8 Å². The minimum absolute atomic E-state index is 0.432. The number of hydrogen-bond acceptors (Lipinski definition) is 2. The molecule has 0 bridgehead atoms. The number of aromatic nitrogens is 2. The number of rotatable bonds is 0. The fourth-order valence-corrected chi connectivity index (χ4v) is 3.76. The number of H-pyrrole nitrogens is 1. The molecule has 2 aromatic rings. The Morgan fingerprint density at radius 1 is 1.41 bits per heavy atom. The van der Waals surface area contributed by atoms with Crippen molar-refractivity contribution in [2.45, 2.75) is 31.2 Å². The molecule has 1 aliphatic heterocycles. The molecule has 0 saturated heterocycles. The molecule has 1 fully saturated rings. The fraction of sp³-hybridized carbons (Fsp3) is 0.500. The van der Waals surface area contributed by atoms with Crippen molar-refractivity contribution < 1.29 is 0 Å². The SMILES string of the molecule is CN1Cc2[nH]c3cnccc3c2C2(CCC2)C1. The van der Waals surface area contributed by atoms with Gasteiger partial charge in [0.15, 0.2) is 0 Å². The maximum atomic E-state index is 4.22. The summed E-state index contributed by atoms with van der Waals surface area (Å²) in [4.78, 5) is 10.2. The van der Waals surface area contributed by atoms with Gasteiger partial charge < -0.3 is 4.98 Å². The van der Waals surface area contributed by atoms with Gasteiger partial charge in [-0.15, -0.1) is 0 Å². The normalized spacial score (nSPS) is 22.6. The first kappa shape index (κ1) is 9.66. The van der Waals surface area contributed by atoms with Gasteiger partial charge in [-0.05, 0) is 31.5 Å². The maximum Gasteiger partial charge on any atom is 0.0646 e. The third kappa shape index (κ3) is 1.18. The summed E-state index contributed by atoms with van der Waals surface area (Å²) in [5.41, 5.74) is 4.65. The Morgan fingerprint density at radius 2 is 2.29 bits per heavy atom. The van der Waals surface area contributed by atoms with Gasteiger partial charge in [-0.3, -0.25) is 9.88 Å². The summed E-state index contributed by atoms with van der Waals surface area (Å²) in [5, 5.41) is 1.41. The molecule has 0 amide bonds. The Balaban J connectivity index is 2.02. The summed E-state index contributed by atoms with van der Waals surface area (Å²) < 4.78 is 0. The largest absolute Gasteiger partial charge is 0.356 e. The van der Waals surface area contributed by atoms with Crippen molar-refractivity contribution in [1.29, 1.82) is 0 Å². The third-order valence-electron chi connectivity index (χ3n) is 4.52. The highest BCUT2D eigenvalue weighted by molar-refractivity contribution is 5.85. The molecular weight excluding hydrogens is 210 g/mol. The van der Waals surface area contributed by atoms with Gasteiger partial charge >= 0.3 is 0 Å². The number of hydrogen-bond donors (Lipinski definition) is 1. The molecule has 1 saturated carbocycles. The minimum Gasteiger partial charge on any atom is -0.356 e. The van der Waals surface area contributed by atoms with E-state index < -0.39 is 0 Å². The van der Waals surface area contributed by atoms with Crippen LogP contribution >= 0.6 is 0 Å². The molecule has 1 N–H and O–H groups in total. The molecule has 0 atom stereocenters. The molecule has 4 rings (SSSR count). The Bertz CT molecular complexity index is 580. The number of likely N-dealkylation sites (N-methyl/N-ethyl adjacent to an activating group) is 1. The van der Waals surface area contributed by atoms with Crippen molar-refractivity contribution >= 4 is 10.9 Å². The Hall–Kier alpha value is -1.35. The zero-order chi connectivity index (χ0) is 11.5. The molecule has 1 spiro atoms. The molecule has 3 nitrogen and oxygen atoms in total. The molecule has 0 unspecified atom stereocenters. The first-order valence-corrected chi connectivity index (χ1v) is 6.42. The van der Waals surface area contributed by atoms with Crippen molar-refractivity contribution in [2.24, 2.45) is 0 Å². The standard InChI is InChI=1S/C14H17N3/c1-17-8-12-13(14(9-17)4-2-5-14)10-3-6-15-7-11(10)16-12/h3,6-7,16H,2,4-5,8-9H2,1H3. The van der Waals surface area contributed by atoms with E-state index in [1.807, 2.05) is 12.4 Å². The van der Waals surface area contributed by atoms with Gasteiger partial charge in [0.1, 0.15) is 0 Å². The van der Waals surface area contributed by atoms with Gasteiger partial charge in [-0.1, -0.05) is 6.42 Å². The van der Waals surface area contributed by atoms with Gasteiger partial charge in [-0.25, -0.2) is 0 Å². The van der Waals surface area contributed by atoms with E-state index in [4.69, 9.17) is 0 Å². The average molecular weight is 227 g/mol. The predicted octanol–water partition coefficient (Wildman–Crippen LogP) is 2.43. The fourth-order valence-electron chi connectivity index (χ4n) is 3.76. The molecule has 3 heterocycles. The number of pyridine rings is 1. The zero-order valence-corrected chi connectivity index (χ0v) is 10.2. The highest BCUT2D eigenvalue weighted by Crippen LogP contribution is 2.50. The van der Waals surface area contributed by atoms with Crippen LogP contribution in [0.4, 0.5) is 0 Å². The second-order valence-electron chi connectivity index (χ2n) is 5.71. The van der Waals surface area contributed by atoms with E-state index >= 15 is 0 Å². The lowest BCUT2D eigenvalue weighted by Gasteiger charge is -2.48. The quantitative estimate of drug-likeness (QED) is 0.749. The molecule has 2 aromatic heterocycles. The highest BCUT2D eigenvalue weighted by atomic mass is 15.1. The van der Waals surface area contributed by atoms with E-state index in [0.29, 0.717) is 5.41 Å². The lowest BCUT2D eigenvalue weighted by Crippen LogP contribution is -2.48. The lowest BCUT2D eigenvalue weighted by molar-refractivity contribution is 0.135. The van der Waals surface area contributed by atoms with E-state index in [0.717, 1.165) is 6.54 Å². The molecule has 88 valence electrons. The summed E-state index contributed by atoms with van der Waals surface area (Å²) in [6.45, 7) is 2.26. The van der Waals surface area contributed by atoms with Gasteiger partial charge in [0.2, 0.25) is 0 Å². The summed E-state index contributed by atoms with van der Waals surface area (Å²) in [7, 11) is 2.23. The smallest absolute Gasteiger partial charge is 0.0646 e. The first-order chi connectivity index (χ1) is 8.28. The van der Waals surface area contributed by atoms with E-state index in [9.17, 15) is 0 Å². The predicted molar refractivity (Wildman–Crippen MR) is 68.0 cm³/mol. The molecule has 17 heavy (non-hydrogen) atoms. The molecule has 1 aliphatic carbocycles. The Labute approximate surface area is 101 Å². The summed E-state index contributed by atoms with van der Waals surface area (Å²) in [6, 6.07) is 2.18. The molecule has 3 heteroatoms. The van der Waals surface area contributed by atoms with Crippen molar-refractivity contribution in [3.05, 3.63) is 29.7 Å². The first-order valence-electron chi connectivity index (χ1n) is 6.42. The highest BCUT2D eigenvalue weighted by Gasteiger charge is 2.45. The van der Waals surface area contributed by atoms with Gasteiger partial charge in [-0.2, -0.15) is 0 Å². The van der Waals surface area contributed by atoms with Crippen LogP contribution in [0.25, 0.3) is 10.9 Å². The van der Waals surface area contributed by atoms with Crippen LogP contribution < -0.4 is 0 Å². The van der Waals surface area contributed by atoms with Crippen LogP contribution in [0.2, 0.25) is 0 Å². The summed E-state index contributed by atoms with van der Waals surface area (Å²) >= 11 is 0. The van der Waals surface area contributed by atoms with Crippen LogP contribution in [-0.4, -0.2) is 28.5 Å². The average Bonchev–Trinajstić information content (AvgIpc) is 2.63. The maximum absolute atomic E-state index is 4.22. The minimum atomic E-state index is 0.432. The van der Waals surface area contributed by atoms with Crippen molar-refractivity contribution in [1.82, 2.24) is 14.9 Å². The third-order valence-corrected chi connectivity index (χ3v) is 4.52. The second kappa shape index (κ2) is 3.10. The van der Waals surface area contributed by atoms with E-state index in [-0.39, 0.29) is 0 Å². The second-order valence-corrected chi connectivity index (χ2v) is 5.71. The van der Waals surface area contributed by atoms with Crippen LogP contribution in [0.15, 0.2) is 18.5 Å². The molecular formula is C14H17N3. The lowest BCUT2D eigenvalue weighted by atomic mass is 9.62. The van der Waals surface area contributed by atoms with Crippen molar-refractivity contribution in [2.75, 3.05) is 13.6 Å². The van der Waals surface area contributed by atoms with Crippen molar-refractivity contribution in [3.63, 3.8) is 0 Å². The van der Waals surface area contributed by atoms with Gasteiger partial charge in [0.25, 0.3) is 0 Å². The van der Waals surface area contributed by atoms with Crippen LogP contribution in [0.1, 0.15) is 30.5 Å². The number of nitrogens with zero attached hydrogens (tertiary/aromatic N) is 2. The summed E-state index contributed by atoms with van der Waals surface area (Å²) in [6.07, 6.45) is 7.95. The van der Waals surface area contributed by atoms with E-state index in [1.165, 1.54) is 42.4 Å².